The average molecular weight is 283 g/mol. The first-order valence-electron chi connectivity index (χ1n) is 7.38. The minimum absolute atomic E-state index is 0.0434. The molecule has 1 saturated heterocycles. The third kappa shape index (κ3) is 2.94. The van der Waals surface area contributed by atoms with Crippen molar-refractivity contribution in [2.24, 2.45) is 0 Å². The van der Waals surface area contributed by atoms with Gasteiger partial charge in [-0.15, -0.1) is 0 Å². The number of nitrogens with one attached hydrogen (secondary N) is 1. The van der Waals surface area contributed by atoms with Crippen LogP contribution in [0.1, 0.15) is 48.5 Å². The van der Waals surface area contributed by atoms with E-state index in [1.54, 1.807) is 0 Å². The van der Waals surface area contributed by atoms with Crippen molar-refractivity contribution in [2.75, 3.05) is 0 Å². The van der Waals surface area contributed by atoms with Gasteiger partial charge < -0.3 is 9.74 Å². The minimum atomic E-state index is -1.97. The maximum atomic E-state index is 11.8. The van der Waals surface area contributed by atoms with Gasteiger partial charge in [-0.3, -0.25) is 4.79 Å². The van der Waals surface area contributed by atoms with Crippen LogP contribution in [0.3, 0.4) is 0 Å². The van der Waals surface area contributed by atoms with Crippen LogP contribution in [0.25, 0.3) is 0 Å². The lowest BCUT2D eigenvalue weighted by atomic mass is 10.0. The van der Waals surface area contributed by atoms with Crippen LogP contribution in [0.2, 0.25) is 16.6 Å². The standard InChI is InChI=1S/C15H29NO2Si/c1-8-9-13-14(15(17)16-13)18-19(10(2)3,11(4)5)12(6)7/h8-14H,1-7H3,(H,16,17)/b9-8+/t13-,14+/m0/s1. The SMILES string of the molecule is C/C=C/[C@@H]1NC(=O)[C@@H]1O[Si](C(C)C)(C(C)C)C(C)C. The Morgan fingerprint density at radius 3 is 1.89 bits per heavy atom. The van der Waals surface area contributed by atoms with Crippen molar-refractivity contribution in [2.45, 2.75) is 77.2 Å². The summed E-state index contributed by atoms with van der Waals surface area (Å²) < 4.78 is 6.51. The molecule has 0 saturated carbocycles. The summed E-state index contributed by atoms with van der Waals surface area (Å²) in [6, 6.07) is 0.0561. The van der Waals surface area contributed by atoms with Crippen molar-refractivity contribution in [1.29, 1.82) is 0 Å². The number of β-lactam (4-membered cyclic amide) rings is 1. The Labute approximate surface area is 118 Å². The Kier molecular flexibility index (Phi) is 5.39. The van der Waals surface area contributed by atoms with Gasteiger partial charge in [0.05, 0.1) is 6.04 Å². The number of rotatable bonds is 6. The van der Waals surface area contributed by atoms with Crippen LogP contribution in [-0.4, -0.2) is 26.4 Å². The fraction of sp³-hybridized carbons (Fsp3) is 0.800. The molecule has 0 unspecified atom stereocenters. The van der Waals surface area contributed by atoms with Crippen LogP contribution in [-0.2, 0) is 9.22 Å². The number of hydrogen-bond acceptors (Lipinski definition) is 2. The molecule has 0 aliphatic carbocycles. The molecular formula is C15H29NO2Si. The van der Waals surface area contributed by atoms with E-state index in [0.29, 0.717) is 16.6 Å². The Bertz CT molecular complexity index is 328. The third-order valence-electron chi connectivity index (χ3n) is 4.33. The van der Waals surface area contributed by atoms with Crippen LogP contribution in [0.4, 0.5) is 0 Å². The van der Waals surface area contributed by atoms with Gasteiger partial charge in [-0.25, -0.2) is 0 Å². The fourth-order valence-electron chi connectivity index (χ4n) is 3.50. The Morgan fingerprint density at radius 2 is 1.58 bits per heavy atom. The Balaban J connectivity index is 2.98. The molecule has 110 valence electrons. The molecule has 4 heteroatoms. The zero-order chi connectivity index (χ0) is 14.8. The van der Waals surface area contributed by atoms with Crippen LogP contribution in [0, 0.1) is 0 Å². The van der Waals surface area contributed by atoms with E-state index in [1.807, 2.05) is 19.1 Å². The molecule has 1 heterocycles. The maximum absolute atomic E-state index is 11.8. The molecule has 1 rings (SSSR count). The van der Waals surface area contributed by atoms with E-state index < -0.39 is 8.32 Å². The predicted octanol–water partition coefficient (Wildman–Crippen LogP) is 3.62. The van der Waals surface area contributed by atoms with Crippen LogP contribution >= 0.6 is 0 Å². The molecule has 2 atom stereocenters. The largest absolute Gasteiger partial charge is 0.402 e. The van der Waals surface area contributed by atoms with Crippen LogP contribution < -0.4 is 5.32 Å². The van der Waals surface area contributed by atoms with Crippen molar-refractivity contribution in [1.82, 2.24) is 5.32 Å². The topological polar surface area (TPSA) is 38.3 Å². The number of carbonyl (C=O) groups is 1. The number of allylic oxidation sites excluding steroid dienone is 1. The smallest absolute Gasteiger partial charge is 0.250 e. The van der Waals surface area contributed by atoms with Gasteiger partial charge in [0.15, 0.2) is 0 Å². The Morgan fingerprint density at radius 1 is 1.11 bits per heavy atom. The molecule has 0 aromatic heterocycles. The van der Waals surface area contributed by atoms with Gasteiger partial charge in [0.2, 0.25) is 8.32 Å². The van der Waals surface area contributed by atoms with Gasteiger partial charge in [0.1, 0.15) is 6.10 Å². The van der Waals surface area contributed by atoms with E-state index in [1.165, 1.54) is 0 Å². The summed E-state index contributed by atoms with van der Waals surface area (Å²) >= 11 is 0. The Hall–Kier alpha value is -0.613. The number of hydrogen-bond donors (Lipinski definition) is 1. The second kappa shape index (κ2) is 6.22. The van der Waals surface area contributed by atoms with Gasteiger partial charge in [-0.2, -0.15) is 0 Å². The van der Waals surface area contributed by atoms with Gasteiger partial charge in [-0.1, -0.05) is 53.7 Å². The first-order valence-corrected chi connectivity index (χ1v) is 9.52. The van der Waals surface area contributed by atoms with Gasteiger partial charge in [0.25, 0.3) is 5.91 Å². The molecule has 19 heavy (non-hydrogen) atoms. The van der Waals surface area contributed by atoms with Crippen molar-refractivity contribution >= 4 is 14.2 Å². The monoisotopic (exact) mass is 283 g/mol. The molecule has 1 aliphatic rings. The maximum Gasteiger partial charge on any atom is 0.250 e. The summed E-state index contributed by atoms with van der Waals surface area (Å²) in [6.45, 7) is 15.4. The van der Waals surface area contributed by atoms with E-state index in [9.17, 15) is 4.79 Å². The highest BCUT2D eigenvalue weighted by Crippen LogP contribution is 2.43. The van der Waals surface area contributed by atoms with Crippen LogP contribution in [0.5, 0.6) is 0 Å². The quantitative estimate of drug-likeness (QED) is 0.459. The normalized spacial score (nSPS) is 24.4. The summed E-state index contributed by atoms with van der Waals surface area (Å²) in [7, 11) is -1.97. The summed E-state index contributed by atoms with van der Waals surface area (Å²) in [5.41, 5.74) is 1.52. The van der Waals surface area contributed by atoms with E-state index in [-0.39, 0.29) is 18.1 Å². The highest BCUT2D eigenvalue weighted by atomic mass is 28.4. The molecule has 1 amide bonds. The molecule has 0 bridgehead atoms. The van der Waals surface area contributed by atoms with Gasteiger partial charge >= 0.3 is 0 Å². The highest BCUT2D eigenvalue weighted by molar-refractivity contribution is 6.77. The zero-order valence-corrected chi connectivity index (χ0v) is 14.4. The van der Waals surface area contributed by atoms with E-state index >= 15 is 0 Å². The van der Waals surface area contributed by atoms with Crippen molar-refractivity contribution < 1.29 is 9.22 Å². The van der Waals surface area contributed by atoms with Crippen molar-refractivity contribution in [3.63, 3.8) is 0 Å². The molecule has 0 spiro atoms. The third-order valence-corrected chi connectivity index (χ3v) is 10.4. The summed E-state index contributed by atoms with van der Waals surface area (Å²) in [6.07, 6.45) is 3.71. The van der Waals surface area contributed by atoms with Gasteiger partial charge in [-0.05, 0) is 23.5 Å². The van der Waals surface area contributed by atoms with Crippen molar-refractivity contribution in [3.05, 3.63) is 12.2 Å². The second-order valence-corrected chi connectivity index (χ2v) is 11.8. The average Bonchev–Trinajstić information content (AvgIpc) is 2.28. The number of amides is 1. The molecule has 0 radical (unpaired) electrons. The highest BCUT2D eigenvalue weighted by Gasteiger charge is 2.51. The molecule has 1 N–H and O–H groups in total. The number of carbonyl (C=O) groups excluding carboxylic acids is 1. The van der Waals surface area contributed by atoms with E-state index in [4.69, 9.17) is 4.43 Å². The molecule has 0 aromatic carbocycles. The first-order chi connectivity index (χ1) is 8.77. The lowest BCUT2D eigenvalue weighted by Crippen LogP contribution is -2.67. The molecule has 0 aromatic rings. The van der Waals surface area contributed by atoms with E-state index in [2.05, 4.69) is 46.9 Å². The van der Waals surface area contributed by atoms with E-state index in [0.717, 1.165) is 0 Å². The van der Waals surface area contributed by atoms with Crippen LogP contribution in [0.15, 0.2) is 12.2 Å². The molecular weight excluding hydrogens is 254 g/mol. The molecule has 3 nitrogen and oxygen atoms in total. The first kappa shape index (κ1) is 16.4. The lowest BCUT2D eigenvalue weighted by molar-refractivity contribution is -0.139. The zero-order valence-electron chi connectivity index (χ0n) is 13.4. The fourth-order valence-corrected chi connectivity index (χ4v) is 9.01. The summed E-state index contributed by atoms with van der Waals surface area (Å²) in [4.78, 5) is 11.8. The summed E-state index contributed by atoms with van der Waals surface area (Å²) in [5.74, 6) is 0.0434. The predicted molar refractivity (Wildman–Crippen MR) is 82.7 cm³/mol. The summed E-state index contributed by atoms with van der Waals surface area (Å²) in [5, 5.41) is 2.90. The molecule has 1 aliphatic heterocycles. The van der Waals surface area contributed by atoms with Crippen molar-refractivity contribution in [3.8, 4) is 0 Å². The second-order valence-electron chi connectivity index (χ2n) is 6.42. The van der Waals surface area contributed by atoms with Gasteiger partial charge in [0, 0.05) is 0 Å². The lowest BCUT2D eigenvalue weighted by Gasteiger charge is -2.48. The molecule has 1 fully saturated rings. The minimum Gasteiger partial charge on any atom is -0.402 e.